The molecule has 1 aromatic heterocycles. The van der Waals surface area contributed by atoms with Gasteiger partial charge in [-0.25, -0.2) is 0 Å². The third-order valence-corrected chi connectivity index (χ3v) is 3.96. The summed E-state index contributed by atoms with van der Waals surface area (Å²) >= 11 is 1.61. The Morgan fingerprint density at radius 1 is 1.56 bits per heavy atom. The van der Waals surface area contributed by atoms with Crippen molar-refractivity contribution in [1.29, 1.82) is 0 Å². The SMILES string of the molecule is CC1CCCC(OC(=O)Cc2cccs2)C1. The zero-order chi connectivity index (χ0) is 11.4. The number of hydrogen-bond donors (Lipinski definition) is 0. The van der Waals surface area contributed by atoms with Crippen LogP contribution in [0.4, 0.5) is 0 Å². The zero-order valence-corrected chi connectivity index (χ0v) is 10.5. The Morgan fingerprint density at radius 3 is 3.12 bits per heavy atom. The predicted molar refractivity (Wildman–Crippen MR) is 65.5 cm³/mol. The Morgan fingerprint density at radius 2 is 2.44 bits per heavy atom. The van der Waals surface area contributed by atoms with E-state index in [4.69, 9.17) is 4.74 Å². The van der Waals surface area contributed by atoms with Crippen molar-refractivity contribution in [2.24, 2.45) is 5.92 Å². The lowest BCUT2D eigenvalue weighted by molar-refractivity contribution is -0.150. The molecule has 1 heterocycles. The molecular formula is C13H18O2S. The summed E-state index contributed by atoms with van der Waals surface area (Å²) in [6.45, 7) is 2.24. The van der Waals surface area contributed by atoms with Crippen LogP contribution < -0.4 is 0 Å². The Bertz CT molecular complexity index is 332. The molecular weight excluding hydrogens is 220 g/mol. The highest BCUT2D eigenvalue weighted by atomic mass is 32.1. The molecule has 0 aromatic carbocycles. The first-order valence-electron chi connectivity index (χ1n) is 5.96. The first-order valence-corrected chi connectivity index (χ1v) is 6.84. The number of rotatable bonds is 3. The predicted octanol–water partition coefficient (Wildman–Crippen LogP) is 3.41. The van der Waals surface area contributed by atoms with Gasteiger partial charge in [-0.15, -0.1) is 11.3 Å². The molecule has 1 saturated carbocycles. The van der Waals surface area contributed by atoms with E-state index in [1.54, 1.807) is 11.3 Å². The van der Waals surface area contributed by atoms with Gasteiger partial charge in [0.25, 0.3) is 0 Å². The van der Waals surface area contributed by atoms with Gasteiger partial charge in [0.1, 0.15) is 6.10 Å². The van der Waals surface area contributed by atoms with Gasteiger partial charge in [0.2, 0.25) is 0 Å². The Balaban J connectivity index is 1.78. The molecule has 0 N–H and O–H groups in total. The normalized spacial score (nSPS) is 25.3. The summed E-state index contributed by atoms with van der Waals surface area (Å²) in [5.41, 5.74) is 0. The van der Waals surface area contributed by atoms with Gasteiger partial charge < -0.3 is 4.74 Å². The fourth-order valence-electron chi connectivity index (χ4n) is 2.27. The van der Waals surface area contributed by atoms with E-state index in [1.807, 2.05) is 17.5 Å². The van der Waals surface area contributed by atoms with Crippen LogP contribution in [0.2, 0.25) is 0 Å². The molecule has 0 bridgehead atoms. The molecule has 0 saturated heterocycles. The van der Waals surface area contributed by atoms with Crippen molar-refractivity contribution in [3.63, 3.8) is 0 Å². The fourth-order valence-corrected chi connectivity index (χ4v) is 2.96. The molecule has 1 aromatic rings. The van der Waals surface area contributed by atoms with Crippen LogP contribution in [-0.4, -0.2) is 12.1 Å². The van der Waals surface area contributed by atoms with Crippen molar-refractivity contribution in [2.75, 3.05) is 0 Å². The van der Waals surface area contributed by atoms with Crippen LogP contribution in [-0.2, 0) is 16.0 Å². The second-order valence-corrected chi connectivity index (χ2v) is 5.67. The molecule has 2 atom stereocenters. The Hall–Kier alpha value is -0.830. The molecule has 0 radical (unpaired) electrons. The number of carbonyl (C=O) groups is 1. The summed E-state index contributed by atoms with van der Waals surface area (Å²) < 4.78 is 5.50. The third-order valence-electron chi connectivity index (χ3n) is 3.09. The third kappa shape index (κ3) is 3.34. The molecule has 3 heteroatoms. The highest BCUT2D eigenvalue weighted by Crippen LogP contribution is 2.26. The Labute approximate surface area is 101 Å². The molecule has 1 aliphatic carbocycles. The number of ether oxygens (including phenoxy) is 1. The van der Waals surface area contributed by atoms with E-state index < -0.39 is 0 Å². The molecule has 1 fully saturated rings. The lowest BCUT2D eigenvalue weighted by Crippen LogP contribution is -2.25. The van der Waals surface area contributed by atoms with E-state index in [0.29, 0.717) is 12.3 Å². The summed E-state index contributed by atoms with van der Waals surface area (Å²) in [4.78, 5) is 12.8. The van der Waals surface area contributed by atoms with Gasteiger partial charge in [-0.2, -0.15) is 0 Å². The summed E-state index contributed by atoms with van der Waals surface area (Å²) in [5, 5.41) is 1.99. The van der Waals surface area contributed by atoms with Crippen LogP contribution in [0.5, 0.6) is 0 Å². The van der Waals surface area contributed by atoms with Crippen molar-refractivity contribution < 1.29 is 9.53 Å². The molecule has 2 rings (SSSR count). The number of hydrogen-bond acceptors (Lipinski definition) is 3. The monoisotopic (exact) mass is 238 g/mol. The van der Waals surface area contributed by atoms with Crippen molar-refractivity contribution in [3.05, 3.63) is 22.4 Å². The van der Waals surface area contributed by atoms with Crippen LogP contribution in [0.1, 0.15) is 37.5 Å². The molecule has 0 aliphatic heterocycles. The zero-order valence-electron chi connectivity index (χ0n) is 9.65. The summed E-state index contributed by atoms with van der Waals surface area (Å²) in [7, 11) is 0. The highest BCUT2D eigenvalue weighted by molar-refractivity contribution is 7.10. The van der Waals surface area contributed by atoms with Crippen LogP contribution in [0.3, 0.4) is 0 Å². The average Bonchev–Trinajstić information content (AvgIpc) is 2.70. The minimum Gasteiger partial charge on any atom is -0.462 e. The summed E-state index contributed by atoms with van der Waals surface area (Å²) in [5.74, 6) is 0.634. The van der Waals surface area contributed by atoms with Crippen molar-refractivity contribution in [3.8, 4) is 0 Å². The van der Waals surface area contributed by atoms with Crippen molar-refractivity contribution >= 4 is 17.3 Å². The van der Waals surface area contributed by atoms with Crippen molar-refractivity contribution in [2.45, 2.75) is 45.1 Å². The van der Waals surface area contributed by atoms with Crippen molar-refractivity contribution in [1.82, 2.24) is 0 Å². The van der Waals surface area contributed by atoms with E-state index in [-0.39, 0.29) is 12.1 Å². The minimum atomic E-state index is -0.0680. The van der Waals surface area contributed by atoms with Gasteiger partial charge >= 0.3 is 5.97 Å². The lowest BCUT2D eigenvalue weighted by atomic mass is 9.89. The molecule has 2 unspecified atom stereocenters. The maximum atomic E-state index is 11.7. The maximum Gasteiger partial charge on any atom is 0.311 e. The van der Waals surface area contributed by atoms with Gasteiger partial charge in [0.05, 0.1) is 6.42 Å². The molecule has 0 spiro atoms. The smallest absolute Gasteiger partial charge is 0.311 e. The fraction of sp³-hybridized carbons (Fsp3) is 0.615. The van der Waals surface area contributed by atoms with E-state index >= 15 is 0 Å². The number of carbonyl (C=O) groups excluding carboxylic acids is 1. The largest absolute Gasteiger partial charge is 0.462 e. The van der Waals surface area contributed by atoms with Gasteiger partial charge in [-0.1, -0.05) is 19.4 Å². The van der Waals surface area contributed by atoms with Crippen LogP contribution in [0.15, 0.2) is 17.5 Å². The highest BCUT2D eigenvalue weighted by Gasteiger charge is 2.22. The quantitative estimate of drug-likeness (QED) is 0.754. The first kappa shape index (κ1) is 11.6. The second kappa shape index (κ2) is 5.48. The number of esters is 1. The van der Waals surface area contributed by atoms with E-state index in [1.165, 1.54) is 12.8 Å². The van der Waals surface area contributed by atoms with Gasteiger partial charge in [0.15, 0.2) is 0 Å². The lowest BCUT2D eigenvalue weighted by Gasteiger charge is -2.26. The molecule has 88 valence electrons. The van der Waals surface area contributed by atoms with Crippen LogP contribution in [0.25, 0.3) is 0 Å². The van der Waals surface area contributed by atoms with Gasteiger partial charge in [0, 0.05) is 4.88 Å². The topological polar surface area (TPSA) is 26.3 Å². The average molecular weight is 238 g/mol. The van der Waals surface area contributed by atoms with Crippen LogP contribution in [0, 0.1) is 5.92 Å². The minimum absolute atomic E-state index is 0.0680. The molecule has 2 nitrogen and oxygen atoms in total. The second-order valence-electron chi connectivity index (χ2n) is 4.64. The van der Waals surface area contributed by atoms with Gasteiger partial charge in [-0.3, -0.25) is 4.79 Å². The molecule has 16 heavy (non-hydrogen) atoms. The maximum absolute atomic E-state index is 11.7. The van der Waals surface area contributed by atoms with E-state index in [0.717, 1.165) is 17.7 Å². The van der Waals surface area contributed by atoms with E-state index in [9.17, 15) is 4.79 Å². The van der Waals surface area contributed by atoms with E-state index in [2.05, 4.69) is 6.92 Å². The summed E-state index contributed by atoms with van der Waals surface area (Å²) in [6.07, 6.45) is 5.15. The molecule has 1 aliphatic rings. The standard InChI is InChI=1S/C13H18O2S/c1-10-4-2-5-11(8-10)15-13(14)9-12-6-3-7-16-12/h3,6-7,10-11H,2,4-5,8-9H2,1H3. The first-order chi connectivity index (χ1) is 7.74. The Kier molecular flexibility index (Phi) is 3.99. The molecule has 0 amide bonds. The van der Waals surface area contributed by atoms with Crippen LogP contribution >= 0.6 is 11.3 Å². The van der Waals surface area contributed by atoms with Gasteiger partial charge in [-0.05, 0) is 36.6 Å². The summed E-state index contributed by atoms with van der Waals surface area (Å²) in [6, 6.07) is 3.95. The number of thiophene rings is 1.